The van der Waals surface area contributed by atoms with Gasteiger partial charge in [-0.3, -0.25) is 14.5 Å². The standard InChI is InChI=1S/C24H37N3O3/c1-18-4-6-21(7-5-18)17-26-12-10-20(11-13-26)16-25-24(29)22-8-9-23(28)27(19(22)2)14-15-30-3/h4-7,19-20,22H,8-17H2,1-3H3,(H,25,29). The van der Waals surface area contributed by atoms with Crippen LogP contribution in [0.15, 0.2) is 24.3 Å². The summed E-state index contributed by atoms with van der Waals surface area (Å²) in [6.07, 6.45) is 3.32. The van der Waals surface area contributed by atoms with E-state index in [1.54, 1.807) is 12.0 Å². The predicted octanol–water partition coefficient (Wildman–Crippen LogP) is 2.60. The number of carbonyl (C=O) groups excluding carboxylic acids is 2. The third kappa shape index (κ3) is 6.05. The first-order chi connectivity index (χ1) is 14.5. The highest BCUT2D eigenvalue weighted by Crippen LogP contribution is 2.25. The molecule has 6 heteroatoms. The molecule has 1 aromatic carbocycles. The van der Waals surface area contributed by atoms with Crippen molar-refractivity contribution in [3.05, 3.63) is 35.4 Å². The number of ether oxygens (including phenoxy) is 1. The Bertz CT molecular complexity index is 698. The van der Waals surface area contributed by atoms with Crippen LogP contribution in [-0.2, 0) is 20.9 Å². The molecule has 0 saturated carbocycles. The van der Waals surface area contributed by atoms with Gasteiger partial charge in [0.15, 0.2) is 0 Å². The van der Waals surface area contributed by atoms with Crippen molar-refractivity contribution in [2.45, 2.75) is 52.1 Å². The first-order valence-corrected chi connectivity index (χ1v) is 11.3. The summed E-state index contributed by atoms with van der Waals surface area (Å²) in [5.41, 5.74) is 2.66. The number of amides is 2. The molecule has 1 N–H and O–H groups in total. The lowest BCUT2D eigenvalue weighted by Gasteiger charge is -2.38. The Morgan fingerprint density at radius 3 is 2.53 bits per heavy atom. The van der Waals surface area contributed by atoms with Crippen LogP contribution in [0.3, 0.4) is 0 Å². The van der Waals surface area contributed by atoms with E-state index in [2.05, 4.69) is 41.4 Å². The second kappa shape index (κ2) is 10.9. The van der Waals surface area contributed by atoms with Crippen LogP contribution in [0.25, 0.3) is 0 Å². The Morgan fingerprint density at radius 2 is 1.87 bits per heavy atom. The highest BCUT2D eigenvalue weighted by atomic mass is 16.5. The van der Waals surface area contributed by atoms with Crippen molar-refractivity contribution in [2.75, 3.05) is 39.9 Å². The zero-order chi connectivity index (χ0) is 21.5. The van der Waals surface area contributed by atoms with Crippen LogP contribution in [0.4, 0.5) is 0 Å². The number of likely N-dealkylation sites (tertiary alicyclic amines) is 2. The van der Waals surface area contributed by atoms with E-state index in [4.69, 9.17) is 4.74 Å². The fourth-order valence-corrected chi connectivity index (χ4v) is 4.65. The maximum absolute atomic E-state index is 12.8. The molecule has 0 spiro atoms. The number of nitrogens with zero attached hydrogens (tertiary/aromatic N) is 2. The van der Waals surface area contributed by atoms with Gasteiger partial charge in [0.1, 0.15) is 0 Å². The van der Waals surface area contributed by atoms with E-state index in [1.807, 2.05) is 6.92 Å². The number of piperidine rings is 2. The van der Waals surface area contributed by atoms with Gasteiger partial charge in [0.25, 0.3) is 0 Å². The van der Waals surface area contributed by atoms with E-state index in [0.29, 0.717) is 31.9 Å². The minimum atomic E-state index is -0.124. The molecule has 2 fully saturated rings. The molecule has 2 unspecified atom stereocenters. The summed E-state index contributed by atoms with van der Waals surface area (Å²) >= 11 is 0. The summed E-state index contributed by atoms with van der Waals surface area (Å²) in [5, 5.41) is 3.19. The van der Waals surface area contributed by atoms with E-state index in [9.17, 15) is 9.59 Å². The molecule has 0 bridgehead atoms. The Morgan fingerprint density at radius 1 is 1.17 bits per heavy atom. The number of aryl methyl sites for hydroxylation is 1. The fourth-order valence-electron chi connectivity index (χ4n) is 4.65. The Balaban J connectivity index is 1.41. The maximum Gasteiger partial charge on any atom is 0.225 e. The lowest BCUT2D eigenvalue weighted by Crippen LogP contribution is -2.53. The molecule has 6 nitrogen and oxygen atoms in total. The topological polar surface area (TPSA) is 61.9 Å². The van der Waals surface area contributed by atoms with Crippen molar-refractivity contribution in [1.82, 2.24) is 15.1 Å². The van der Waals surface area contributed by atoms with Gasteiger partial charge in [-0.2, -0.15) is 0 Å². The third-order valence-electron chi connectivity index (χ3n) is 6.74. The van der Waals surface area contributed by atoms with Gasteiger partial charge in [-0.1, -0.05) is 29.8 Å². The molecule has 2 atom stereocenters. The summed E-state index contributed by atoms with van der Waals surface area (Å²) in [6, 6.07) is 8.71. The largest absolute Gasteiger partial charge is 0.383 e. The molecule has 2 aliphatic heterocycles. The van der Waals surface area contributed by atoms with Gasteiger partial charge < -0.3 is 15.0 Å². The van der Waals surface area contributed by atoms with Crippen LogP contribution in [0, 0.1) is 18.8 Å². The summed E-state index contributed by atoms with van der Waals surface area (Å²) in [4.78, 5) is 29.3. The second-order valence-corrected chi connectivity index (χ2v) is 8.92. The summed E-state index contributed by atoms with van der Waals surface area (Å²) in [6.45, 7) is 9.07. The third-order valence-corrected chi connectivity index (χ3v) is 6.74. The van der Waals surface area contributed by atoms with Crippen LogP contribution in [0.2, 0.25) is 0 Å². The van der Waals surface area contributed by atoms with E-state index in [1.165, 1.54) is 11.1 Å². The maximum atomic E-state index is 12.8. The molecule has 2 heterocycles. The van der Waals surface area contributed by atoms with Crippen molar-refractivity contribution in [2.24, 2.45) is 11.8 Å². The van der Waals surface area contributed by atoms with Crippen molar-refractivity contribution < 1.29 is 14.3 Å². The number of hydrogen-bond acceptors (Lipinski definition) is 4. The lowest BCUT2D eigenvalue weighted by molar-refractivity contribution is -0.143. The average molecular weight is 416 g/mol. The van der Waals surface area contributed by atoms with Crippen LogP contribution >= 0.6 is 0 Å². The van der Waals surface area contributed by atoms with Crippen LogP contribution in [0.1, 0.15) is 43.7 Å². The molecule has 2 amide bonds. The molecule has 0 radical (unpaired) electrons. The normalized spacial score (nSPS) is 23.6. The van der Waals surface area contributed by atoms with Crippen LogP contribution < -0.4 is 5.32 Å². The SMILES string of the molecule is COCCN1C(=O)CCC(C(=O)NCC2CCN(Cc3ccc(C)cc3)CC2)C1C. The summed E-state index contributed by atoms with van der Waals surface area (Å²) < 4.78 is 5.12. The summed E-state index contributed by atoms with van der Waals surface area (Å²) in [7, 11) is 1.63. The molecule has 2 aliphatic rings. The van der Waals surface area contributed by atoms with Crippen molar-refractivity contribution in [1.29, 1.82) is 0 Å². The minimum Gasteiger partial charge on any atom is -0.383 e. The predicted molar refractivity (Wildman–Crippen MR) is 118 cm³/mol. The summed E-state index contributed by atoms with van der Waals surface area (Å²) in [5.74, 6) is 0.638. The molecule has 2 saturated heterocycles. The zero-order valence-corrected chi connectivity index (χ0v) is 18.7. The first kappa shape index (κ1) is 22.8. The smallest absolute Gasteiger partial charge is 0.225 e. The highest BCUT2D eigenvalue weighted by Gasteiger charge is 2.36. The number of rotatable bonds is 8. The van der Waals surface area contributed by atoms with Crippen LogP contribution in [-0.4, -0.2) is 67.6 Å². The number of benzene rings is 1. The van der Waals surface area contributed by atoms with Gasteiger partial charge >= 0.3 is 0 Å². The molecule has 0 aliphatic carbocycles. The lowest BCUT2D eigenvalue weighted by atomic mass is 9.88. The zero-order valence-electron chi connectivity index (χ0n) is 18.7. The monoisotopic (exact) mass is 415 g/mol. The van der Waals surface area contributed by atoms with E-state index < -0.39 is 0 Å². The van der Waals surface area contributed by atoms with E-state index in [-0.39, 0.29) is 23.8 Å². The average Bonchev–Trinajstić information content (AvgIpc) is 2.74. The second-order valence-electron chi connectivity index (χ2n) is 8.92. The van der Waals surface area contributed by atoms with Gasteiger partial charge in [-0.25, -0.2) is 0 Å². The van der Waals surface area contributed by atoms with Gasteiger partial charge in [-0.15, -0.1) is 0 Å². The Kier molecular flexibility index (Phi) is 8.28. The van der Waals surface area contributed by atoms with Crippen molar-refractivity contribution in [3.8, 4) is 0 Å². The molecule has 3 rings (SSSR count). The van der Waals surface area contributed by atoms with Gasteiger partial charge in [0, 0.05) is 39.2 Å². The highest BCUT2D eigenvalue weighted by molar-refractivity contribution is 5.84. The molecule has 166 valence electrons. The number of methoxy groups -OCH3 is 1. The van der Waals surface area contributed by atoms with E-state index >= 15 is 0 Å². The molecular formula is C24H37N3O3. The van der Waals surface area contributed by atoms with Gasteiger partial charge in [0.2, 0.25) is 11.8 Å². The first-order valence-electron chi connectivity index (χ1n) is 11.3. The van der Waals surface area contributed by atoms with Crippen LogP contribution in [0.5, 0.6) is 0 Å². The number of hydrogen-bond donors (Lipinski definition) is 1. The van der Waals surface area contributed by atoms with E-state index in [0.717, 1.165) is 39.0 Å². The fraction of sp³-hybridized carbons (Fsp3) is 0.667. The van der Waals surface area contributed by atoms with Crippen molar-refractivity contribution in [3.63, 3.8) is 0 Å². The Labute approximate surface area is 180 Å². The quantitative estimate of drug-likeness (QED) is 0.709. The molecular weight excluding hydrogens is 378 g/mol. The molecule has 30 heavy (non-hydrogen) atoms. The van der Waals surface area contributed by atoms with Gasteiger partial charge in [0.05, 0.1) is 12.5 Å². The molecule has 0 aromatic heterocycles. The minimum absolute atomic E-state index is 0.0715. The van der Waals surface area contributed by atoms with Gasteiger partial charge in [-0.05, 0) is 57.7 Å². The molecule has 1 aromatic rings. The van der Waals surface area contributed by atoms with Crippen molar-refractivity contribution >= 4 is 11.8 Å². The number of nitrogens with one attached hydrogen (secondary N) is 1. The Hall–Kier alpha value is -1.92. The number of carbonyl (C=O) groups is 2.